The van der Waals surface area contributed by atoms with E-state index in [9.17, 15) is 4.79 Å². The Morgan fingerprint density at radius 1 is 1.75 bits per heavy atom. The van der Waals surface area contributed by atoms with E-state index in [0.29, 0.717) is 18.7 Å². The number of methoxy groups -OCH3 is 1. The maximum Gasteiger partial charge on any atom is 0.272 e. The highest BCUT2D eigenvalue weighted by Gasteiger charge is 2.14. The van der Waals surface area contributed by atoms with E-state index in [1.807, 2.05) is 0 Å². The molecular formula is C10H17N3O3. The summed E-state index contributed by atoms with van der Waals surface area (Å²) in [6, 6.07) is 1.45. The van der Waals surface area contributed by atoms with Crippen LogP contribution in [0.4, 0.5) is 0 Å². The highest BCUT2D eigenvalue weighted by atomic mass is 16.5. The third-order valence-corrected chi connectivity index (χ3v) is 2.13. The van der Waals surface area contributed by atoms with E-state index < -0.39 is 0 Å². The van der Waals surface area contributed by atoms with Gasteiger partial charge in [-0.25, -0.2) is 0 Å². The van der Waals surface area contributed by atoms with Gasteiger partial charge in [0.1, 0.15) is 5.69 Å². The fraction of sp³-hybridized carbons (Fsp3) is 0.600. The van der Waals surface area contributed by atoms with Crippen LogP contribution in [0, 0.1) is 0 Å². The van der Waals surface area contributed by atoms with Crippen LogP contribution in [0.3, 0.4) is 0 Å². The lowest BCUT2D eigenvalue weighted by Gasteiger charge is -2.15. The van der Waals surface area contributed by atoms with Crippen molar-refractivity contribution in [2.45, 2.75) is 12.5 Å². The molecule has 0 saturated carbocycles. The Balaban J connectivity index is 2.54. The summed E-state index contributed by atoms with van der Waals surface area (Å²) in [6.45, 7) is 0.385. The molecule has 6 nitrogen and oxygen atoms in total. The molecule has 2 N–H and O–H groups in total. The van der Waals surface area contributed by atoms with Crippen LogP contribution in [0.5, 0.6) is 0 Å². The standard InChI is InChI=1S/C10H17N3O3/c1-13-5-3-9(12-13)10(15)11-8(4-6-14)7-16-2/h3,5,8,14H,4,6-7H2,1-2H3,(H,11,15). The van der Waals surface area contributed by atoms with Crippen molar-refractivity contribution in [3.63, 3.8) is 0 Å². The second-order valence-electron chi connectivity index (χ2n) is 3.51. The molecule has 1 aromatic rings. The van der Waals surface area contributed by atoms with Crippen molar-refractivity contribution in [2.75, 3.05) is 20.3 Å². The number of ether oxygens (including phenoxy) is 1. The number of carbonyl (C=O) groups is 1. The van der Waals surface area contributed by atoms with E-state index in [0.717, 1.165) is 0 Å². The number of rotatable bonds is 6. The van der Waals surface area contributed by atoms with Crippen molar-refractivity contribution in [3.8, 4) is 0 Å². The molecule has 1 atom stereocenters. The smallest absolute Gasteiger partial charge is 0.272 e. The second kappa shape index (κ2) is 6.24. The number of amides is 1. The molecule has 1 heterocycles. The minimum atomic E-state index is -0.254. The van der Waals surface area contributed by atoms with E-state index >= 15 is 0 Å². The highest BCUT2D eigenvalue weighted by molar-refractivity contribution is 5.92. The van der Waals surface area contributed by atoms with Gasteiger partial charge in [-0.3, -0.25) is 9.48 Å². The quantitative estimate of drug-likeness (QED) is 0.690. The summed E-state index contributed by atoms with van der Waals surface area (Å²) >= 11 is 0. The Morgan fingerprint density at radius 3 is 3.00 bits per heavy atom. The maximum absolute atomic E-state index is 11.7. The normalized spacial score (nSPS) is 12.4. The average molecular weight is 227 g/mol. The molecule has 1 amide bonds. The van der Waals surface area contributed by atoms with Crippen LogP contribution < -0.4 is 5.32 Å². The monoisotopic (exact) mass is 227 g/mol. The van der Waals surface area contributed by atoms with Crippen molar-refractivity contribution in [1.29, 1.82) is 0 Å². The lowest BCUT2D eigenvalue weighted by Crippen LogP contribution is -2.38. The number of aryl methyl sites for hydroxylation is 1. The number of nitrogens with one attached hydrogen (secondary N) is 1. The van der Waals surface area contributed by atoms with Crippen molar-refractivity contribution in [3.05, 3.63) is 18.0 Å². The van der Waals surface area contributed by atoms with Gasteiger partial charge in [0.25, 0.3) is 5.91 Å². The molecule has 0 aliphatic carbocycles. The zero-order valence-corrected chi connectivity index (χ0v) is 9.51. The molecule has 1 aromatic heterocycles. The van der Waals surface area contributed by atoms with Crippen LogP contribution in [-0.2, 0) is 11.8 Å². The molecule has 0 saturated heterocycles. The van der Waals surface area contributed by atoms with Crippen LogP contribution in [-0.4, -0.2) is 47.2 Å². The fourth-order valence-corrected chi connectivity index (χ4v) is 1.35. The number of hydrogen-bond donors (Lipinski definition) is 2. The number of hydrogen-bond acceptors (Lipinski definition) is 4. The van der Waals surface area contributed by atoms with Crippen LogP contribution in [0.15, 0.2) is 12.3 Å². The number of nitrogens with zero attached hydrogens (tertiary/aromatic N) is 2. The Morgan fingerprint density at radius 2 is 2.50 bits per heavy atom. The molecule has 0 aromatic carbocycles. The number of aromatic nitrogens is 2. The summed E-state index contributed by atoms with van der Waals surface area (Å²) in [5.74, 6) is -0.254. The van der Waals surface area contributed by atoms with Gasteiger partial charge in [-0.15, -0.1) is 0 Å². The predicted molar refractivity (Wildman–Crippen MR) is 58.0 cm³/mol. The summed E-state index contributed by atoms with van der Waals surface area (Å²) < 4.78 is 6.51. The molecule has 0 bridgehead atoms. The molecular weight excluding hydrogens is 210 g/mol. The Bertz CT molecular complexity index is 332. The minimum absolute atomic E-state index is 0.0104. The second-order valence-corrected chi connectivity index (χ2v) is 3.51. The lowest BCUT2D eigenvalue weighted by molar-refractivity contribution is 0.0873. The minimum Gasteiger partial charge on any atom is -0.396 e. The molecule has 1 unspecified atom stereocenters. The first-order valence-electron chi connectivity index (χ1n) is 5.07. The summed E-state index contributed by atoms with van der Waals surface area (Å²) in [7, 11) is 3.30. The summed E-state index contributed by atoms with van der Waals surface area (Å²) in [5.41, 5.74) is 0.363. The number of aliphatic hydroxyl groups excluding tert-OH is 1. The molecule has 0 fully saturated rings. The molecule has 6 heteroatoms. The van der Waals surface area contributed by atoms with Crippen LogP contribution in [0.2, 0.25) is 0 Å². The van der Waals surface area contributed by atoms with Crippen LogP contribution >= 0.6 is 0 Å². The number of carbonyl (C=O) groups excluding carboxylic acids is 1. The topological polar surface area (TPSA) is 76.4 Å². The van der Waals surface area contributed by atoms with Gasteiger partial charge in [0.15, 0.2) is 0 Å². The van der Waals surface area contributed by atoms with Gasteiger partial charge in [0, 0.05) is 27.0 Å². The zero-order chi connectivity index (χ0) is 12.0. The molecule has 0 aliphatic heterocycles. The Hall–Kier alpha value is -1.40. The van der Waals surface area contributed by atoms with Gasteiger partial charge in [0.05, 0.1) is 12.6 Å². The van der Waals surface area contributed by atoms with E-state index in [4.69, 9.17) is 9.84 Å². The third-order valence-electron chi connectivity index (χ3n) is 2.13. The highest BCUT2D eigenvalue weighted by Crippen LogP contribution is 1.98. The van der Waals surface area contributed by atoms with Gasteiger partial charge < -0.3 is 15.2 Å². The van der Waals surface area contributed by atoms with E-state index in [2.05, 4.69) is 10.4 Å². The third kappa shape index (κ3) is 3.63. The number of aliphatic hydroxyl groups is 1. The van der Waals surface area contributed by atoms with Gasteiger partial charge in [-0.1, -0.05) is 0 Å². The molecule has 0 spiro atoms. The van der Waals surface area contributed by atoms with Gasteiger partial charge >= 0.3 is 0 Å². The van der Waals surface area contributed by atoms with Gasteiger partial charge in [0.2, 0.25) is 0 Å². The summed E-state index contributed by atoms with van der Waals surface area (Å²) in [5, 5.41) is 15.6. The van der Waals surface area contributed by atoms with E-state index in [1.165, 1.54) is 0 Å². The lowest BCUT2D eigenvalue weighted by atomic mass is 10.2. The van der Waals surface area contributed by atoms with Crippen molar-refractivity contribution >= 4 is 5.91 Å². The summed E-state index contributed by atoms with van der Waals surface area (Å²) in [4.78, 5) is 11.7. The average Bonchev–Trinajstić information content (AvgIpc) is 2.65. The largest absolute Gasteiger partial charge is 0.396 e. The maximum atomic E-state index is 11.7. The Kier molecular flexibility index (Phi) is 4.94. The molecule has 90 valence electrons. The fourth-order valence-electron chi connectivity index (χ4n) is 1.35. The van der Waals surface area contributed by atoms with Crippen molar-refractivity contribution in [2.24, 2.45) is 7.05 Å². The van der Waals surface area contributed by atoms with Crippen LogP contribution in [0.25, 0.3) is 0 Å². The molecule has 1 rings (SSSR count). The first-order chi connectivity index (χ1) is 7.67. The first-order valence-corrected chi connectivity index (χ1v) is 5.07. The SMILES string of the molecule is COCC(CCO)NC(=O)c1ccn(C)n1. The van der Waals surface area contributed by atoms with Crippen molar-refractivity contribution in [1.82, 2.24) is 15.1 Å². The zero-order valence-electron chi connectivity index (χ0n) is 9.51. The summed E-state index contributed by atoms with van der Waals surface area (Å²) in [6.07, 6.45) is 2.17. The van der Waals surface area contributed by atoms with Gasteiger partial charge in [-0.2, -0.15) is 5.10 Å². The van der Waals surface area contributed by atoms with Gasteiger partial charge in [-0.05, 0) is 12.5 Å². The van der Waals surface area contributed by atoms with E-state index in [-0.39, 0.29) is 18.6 Å². The molecule has 0 radical (unpaired) electrons. The first kappa shape index (κ1) is 12.7. The van der Waals surface area contributed by atoms with E-state index in [1.54, 1.807) is 31.1 Å². The van der Waals surface area contributed by atoms with Crippen LogP contribution in [0.1, 0.15) is 16.9 Å². The Labute approximate surface area is 94.2 Å². The molecule has 16 heavy (non-hydrogen) atoms. The predicted octanol–water partition coefficient (Wildman–Crippen LogP) is -0.453. The van der Waals surface area contributed by atoms with Crippen molar-refractivity contribution < 1.29 is 14.6 Å². The molecule has 0 aliphatic rings.